The van der Waals surface area contributed by atoms with Crippen LogP contribution in [0.3, 0.4) is 0 Å². The molecule has 2 aromatic rings. The topological polar surface area (TPSA) is 61.0 Å². The molecule has 1 aromatic carbocycles. The number of rotatable bonds is 3. The highest BCUT2D eigenvalue weighted by Gasteiger charge is 2.28. The standard InChI is InChI=1S/C16H18ClN3O/c1-8-6-12(7-9(2)13(8)17)21-16-10(3)14(18)19-15(20-16)11-4-5-11/h6-7,11H,4-5H2,1-3H3,(H2,18,19,20). The second-order valence-corrected chi connectivity index (χ2v) is 6.02. The minimum atomic E-state index is 0.434. The first-order chi connectivity index (χ1) is 9.95. The molecule has 2 N–H and O–H groups in total. The van der Waals surface area contributed by atoms with Crippen LogP contribution < -0.4 is 10.5 Å². The molecule has 3 rings (SSSR count). The predicted molar refractivity (Wildman–Crippen MR) is 84.2 cm³/mol. The molecule has 5 heteroatoms. The summed E-state index contributed by atoms with van der Waals surface area (Å²) >= 11 is 6.18. The molecule has 0 saturated heterocycles. The van der Waals surface area contributed by atoms with Crippen molar-refractivity contribution < 1.29 is 4.74 Å². The van der Waals surface area contributed by atoms with E-state index in [0.717, 1.165) is 46.1 Å². The van der Waals surface area contributed by atoms with E-state index in [0.29, 0.717) is 17.6 Å². The zero-order valence-corrected chi connectivity index (χ0v) is 13.2. The second-order valence-electron chi connectivity index (χ2n) is 5.64. The third-order valence-electron chi connectivity index (χ3n) is 3.72. The van der Waals surface area contributed by atoms with Crippen LogP contribution in [0.4, 0.5) is 5.82 Å². The molecule has 0 amide bonds. The highest BCUT2D eigenvalue weighted by atomic mass is 35.5. The number of nitrogen functional groups attached to an aromatic ring is 1. The van der Waals surface area contributed by atoms with Gasteiger partial charge in [0.2, 0.25) is 5.88 Å². The summed E-state index contributed by atoms with van der Waals surface area (Å²) in [5.74, 6) is 2.96. The van der Waals surface area contributed by atoms with Gasteiger partial charge in [-0.1, -0.05) is 11.6 Å². The van der Waals surface area contributed by atoms with E-state index in [9.17, 15) is 0 Å². The van der Waals surface area contributed by atoms with Crippen LogP contribution in [-0.2, 0) is 0 Å². The van der Waals surface area contributed by atoms with Gasteiger partial charge >= 0.3 is 0 Å². The van der Waals surface area contributed by atoms with Gasteiger partial charge in [0.15, 0.2) is 0 Å². The summed E-state index contributed by atoms with van der Waals surface area (Å²) in [5, 5.41) is 0.764. The first-order valence-corrected chi connectivity index (χ1v) is 7.42. The lowest BCUT2D eigenvalue weighted by molar-refractivity contribution is 0.454. The quantitative estimate of drug-likeness (QED) is 0.918. The zero-order valence-electron chi connectivity index (χ0n) is 12.4. The van der Waals surface area contributed by atoms with Crippen molar-refractivity contribution in [1.29, 1.82) is 0 Å². The number of hydrogen-bond acceptors (Lipinski definition) is 4. The van der Waals surface area contributed by atoms with Gasteiger partial charge in [-0.05, 0) is 56.9 Å². The Balaban J connectivity index is 1.97. The van der Waals surface area contributed by atoms with E-state index in [1.807, 2.05) is 32.9 Å². The van der Waals surface area contributed by atoms with Crippen LogP contribution in [0.5, 0.6) is 11.6 Å². The van der Waals surface area contributed by atoms with Crippen molar-refractivity contribution in [1.82, 2.24) is 9.97 Å². The molecule has 4 nitrogen and oxygen atoms in total. The molecule has 1 aliphatic carbocycles. The van der Waals surface area contributed by atoms with E-state index >= 15 is 0 Å². The summed E-state index contributed by atoms with van der Waals surface area (Å²) in [6, 6.07) is 3.81. The monoisotopic (exact) mass is 303 g/mol. The van der Waals surface area contributed by atoms with E-state index in [-0.39, 0.29) is 0 Å². The first kappa shape index (κ1) is 14.1. The Morgan fingerprint density at radius 1 is 1.14 bits per heavy atom. The molecule has 1 heterocycles. The highest BCUT2D eigenvalue weighted by Crippen LogP contribution is 2.40. The van der Waals surface area contributed by atoms with E-state index in [2.05, 4.69) is 9.97 Å². The highest BCUT2D eigenvalue weighted by molar-refractivity contribution is 6.32. The molecule has 0 atom stereocenters. The molecule has 0 bridgehead atoms. The summed E-state index contributed by atoms with van der Waals surface area (Å²) in [4.78, 5) is 8.88. The van der Waals surface area contributed by atoms with Gasteiger partial charge in [0, 0.05) is 10.9 Å². The fraction of sp³-hybridized carbons (Fsp3) is 0.375. The molecule has 110 valence electrons. The van der Waals surface area contributed by atoms with Gasteiger partial charge in [-0.2, -0.15) is 4.98 Å². The van der Waals surface area contributed by atoms with Crippen LogP contribution in [0.2, 0.25) is 5.02 Å². The van der Waals surface area contributed by atoms with Crippen molar-refractivity contribution in [3.05, 3.63) is 39.7 Å². The van der Waals surface area contributed by atoms with Crippen molar-refractivity contribution >= 4 is 17.4 Å². The third kappa shape index (κ3) is 2.81. The Kier molecular flexibility index (Phi) is 3.49. The Bertz CT molecular complexity index is 688. The van der Waals surface area contributed by atoms with E-state index in [1.165, 1.54) is 0 Å². The summed E-state index contributed by atoms with van der Waals surface area (Å²) in [7, 11) is 0. The van der Waals surface area contributed by atoms with Gasteiger partial charge in [0.05, 0.1) is 5.56 Å². The fourth-order valence-corrected chi connectivity index (χ4v) is 2.34. The second kappa shape index (κ2) is 5.19. The minimum Gasteiger partial charge on any atom is -0.439 e. The number of aromatic nitrogens is 2. The fourth-order valence-electron chi connectivity index (χ4n) is 2.23. The number of halogens is 1. The van der Waals surface area contributed by atoms with Crippen molar-refractivity contribution in [2.45, 2.75) is 39.5 Å². The third-order valence-corrected chi connectivity index (χ3v) is 4.32. The average molecular weight is 304 g/mol. The van der Waals surface area contributed by atoms with Crippen LogP contribution >= 0.6 is 11.6 Å². The number of nitrogens with two attached hydrogens (primary N) is 1. The molecule has 1 fully saturated rings. The van der Waals surface area contributed by atoms with Crippen LogP contribution in [0, 0.1) is 20.8 Å². The summed E-state index contributed by atoms with van der Waals surface area (Å²) in [6.07, 6.45) is 2.25. The zero-order chi connectivity index (χ0) is 15.1. The van der Waals surface area contributed by atoms with Crippen LogP contribution in [-0.4, -0.2) is 9.97 Å². The lowest BCUT2D eigenvalue weighted by Crippen LogP contribution is -2.04. The Hall–Kier alpha value is -1.81. The molecule has 1 saturated carbocycles. The summed E-state index contributed by atoms with van der Waals surface area (Å²) in [6.45, 7) is 5.79. The first-order valence-electron chi connectivity index (χ1n) is 7.04. The predicted octanol–water partition coefficient (Wildman–Crippen LogP) is 4.31. The molecule has 0 aliphatic heterocycles. The Morgan fingerprint density at radius 2 is 1.76 bits per heavy atom. The SMILES string of the molecule is Cc1cc(Oc2nc(C3CC3)nc(N)c2C)cc(C)c1Cl. The molecule has 0 unspecified atom stereocenters. The molecule has 1 aliphatic rings. The maximum Gasteiger partial charge on any atom is 0.227 e. The normalized spacial score (nSPS) is 14.3. The van der Waals surface area contributed by atoms with Crippen LogP contribution in [0.1, 0.15) is 41.3 Å². The number of ether oxygens (including phenoxy) is 1. The van der Waals surface area contributed by atoms with E-state index in [4.69, 9.17) is 22.1 Å². The number of aryl methyl sites for hydroxylation is 2. The maximum absolute atomic E-state index is 6.18. The molecule has 0 spiro atoms. The van der Waals surface area contributed by atoms with Crippen molar-refractivity contribution in [3.8, 4) is 11.6 Å². The van der Waals surface area contributed by atoms with E-state index < -0.39 is 0 Å². The molecular weight excluding hydrogens is 286 g/mol. The summed E-state index contributed by atoms with van der Waals surface area (Å²) in [5.41, 5.74) is 8.70. The Labute approximate surface area is 129 Å². The van der Waals surface area contributed by atoms with Crippen molar-refractivity contribution in [2.75, 3.05) is 5.73 Å². The van der Waals surface area contributed by atoms with Crippen LogP contribution in [0.25, 0.3) is 0 Å². The van der Waals surface area contributed by atoms with Gasteiger partial charge in [0.25, 0.3) is 0 Å². The molecule has 21 heavy (non-hydrogen) atoms. The smallest absolute Gasteiger partial charge is 0.227 e. The molecular formula is C16H18ClN3O. The minimum absolute atomic E-state index is 0.434. The van der Waals surface area contributed by atoms with Gasteiger partial charge in [-0.3, -0.25) is 0 Å². The Morgan fingerprint density at radius 3 is 2.33 bits per heavy atom. The van der Waals surface area contributed by atoms with Gasteiger partial charge in [-0.25, -0.2) is 4.98 Å². The number of nitrogens with zero attached hydrogens (tertiary/aromatic N) is 2. The van der Waals surface area contributed by atoms with Crippen molar-refractivity contribution in [3.63, 3.8) is 0 Å². The van der Waals surface area contributed by atoms with E-state index in [1.54, 1.807) is 0 Å². The van der Waals surface area contributed by atoms with Gasteiger partial charge in [-0.15, -0.1) is 0 Å². The van der Waals surface area contributed by atoms with Gasteiger partial charge < -0.3 is 10.5 Å². The molecule has 0 radical (unpaired) electrons. The van der Waals surface area contributed by atoms with Crippen LogP contribution in [0.15, 0.2) is 12.1 Å². The number of anilines is 1. The van der Waals surface area contributed by atoms with Crippen molar-refractivity contribution in [2.24, 2.45) is 0 Å². The van der Waals surface area contributed by atoms with Gasteiger partial charge in [0.1, 0.15) is 17.4 Å². The average Bonchev–Trinajstić information content (AvgIpc) is 3.25. The molecule has 1 aromatic heterocycles. The maximum atomic E-state index is 6.18. The number of hydrogen-bond donors (Lipinski definition) is 1. The largest absolute Gasteiger partial charge is 0.439 e. The lowest BCUT2D eigenvalue weighted by Gasteiger charge is -2.12. The summed E-state index contributed by atoms with van der Waals surface area (Å²) < 4.78 is 5.94. The number of benzene rings is 1. The lowest BCUT2D eigenvalue weighted by atomic mass is 10.1.